The number of sulfonamides is 1. The van der Waals surface area contributed by atoms with E-state index >= 15 is 0 Å². The van der Waals surface area contributed by atoms with Gasteiger partial charge < -0.3 is 15.7 Å². The average molecular weight is 548 g/mol. The fraction of sp³-hybridized carbons (Fsp3) is 0.150. The highest BCUT2D eigenvalue weighted by Crippen LogP contribution is 2.22. The summed E-state index contributed by atoms with van der Waals surface area (Å²) in [4.78, 5) is 17.5. The van der Waals surface area contributed by atoms with Crippen LogP contribution < -0.4 is 15.4 Å². The number of carbonyl (C=O) groups is 1. The van der Waals surface area contributed by atoms with E-state index in [-0.39, 0.29) is 9.79 Å². The van der Waals surface area contributed by atoms with Gasteiger partial charge in [0.25, 0.3) is 0 Å². The minimum absolute atomic E-state index is 0.128. The molecule has 11 nitrogen and oxygen atoms in total. The van der Waals surface area contributed by atoms with Gasteiger partial charge in [-0.05, 0) is 49.5 Å². The summed E-state index contributed by atoms with van der Waals surface area (Å²) in [5.41, 5.74) is 1.20. The molecule has 1 heterocycles. The van der Waals surface area contributed by atoms with E-state index in [2.05, 4.69) is 25.3 Å². The molecular formula is C20H20F3N5O6S2. The van der Waals surface area contributed by atoms with Crippen molar-refractivity contribution in [3.63, 3.8) is 0 Å². The van der Waals surface area contributed by atoms with Gasteiger partial charge in [0, 0.05) is 23.7 Å². The molecule has 0 amide bonds. The molecule has 16 heteroatoms. The van der Waals surface area contributed by atoms with Crippen molar-refractivity contribution in [2.45, 2.75) is 16.0 Å². The lowest BCUT2D eigenvalue weighted by atomic mass is 10.3. The standard InChI is InChI=1S/C18H19N5O4S2.C2HF3O2/c1-19-29(26,27)16-5-3-4-14(10-16)23-18-11-17(20-12-21-18)22-13-6-8-15(9-7-13)28(2,24)25;3-2(4,5)1(6)7/h3-12,19H,1-2H3,(H2,20,21,22,23);(H,6,7). The van der Waals surface area contributed by atoms with Crippen LogP contribution >= 0.6 is 0 Å². The molecule has 1 aromatic heterocycles. The minimum atomic E-state index is -5.08. The monoisotopic (exact) mass is 547 g/mol. The third kappa shape index (κ3) is 8.47. The third-order valence-electron chi connectivity index (χ3n) is 4.15. The first kappa shape index (κ1) is 28.5. The van der Waals surface area contributed by atoms with Crippen LogP contribution in [0.3, 0.4) is 0 Å². The van der Waals surface area contributed by atoms with E-state index in [1.165, 1.54) is 37.6 Å². The van der Waals surface area contributed by atoms with Crippen LogP contribution in [0, 0.1) is 0 Å². The Bertz CT molecular complexity index is 1430. The molecule has 3 aromatic rings. The van der Waals surface area contributed by atoms with Crippen LogP contribution in [0.5, 0.6) is 0 Å². The van der Waals surface area contributed by atoms with E-state index in [4.69, 9.17) is 9.90 Å². The van der Waals surface area contributed by atoms with Crippen molar-refractivity contribution in [2.24, 2.45) is 0 Å². The minimum Gasteiger partial charge on any atom is -0.475 e. The Morgan fingerprint density at radius 2 is 1.39 bits per heavy atom. The molecule has 4 N–H and O–H groups in total. The van der Waals surface area contributed by atoms with Gasteiger partial charge in [-0.25, -0.2) is 36.3 Å². The lowest BCUT2D eigenvalue weighted by Gasteiger charge is -2.10. The lowest BCUT2D eigenvalue weighted by molar-refractivity contribution is -0.192. The number of anilines is 4. The number of sulfone groups is 1. The molecule has 0 saturated carbocycles. The van der Waals surface area contributed by atoms with Crippen LogP contribution in [0.1, 0.15) is 0 Å². The Morgan fingerprint density at radius 1 is 0.861 bits per heavy atom. The van der Waals surface area contributed by atoms with Crippen LogP contribution in [0.25, 0.3) is 0 Å². The van der Waals surface area contributed by atoms with E-state index in [0.717, 1.165) is 6.26 Å². The first-order valence-electron chi connectivity index (χ1n) is 9.62. The molecule has 194 valence electrons. The molecule has 0 spiro atoms. The number of benzene rings is 2. The largest absolute Gasteiger partial charge is 0.490 e. The van der Waals surface area contributed by atoms with Gasteiger partial charge in [0.15, 0.2) is 9.84 Å². The zero-order valence-corrected chi connectivity index (χ0v) is 20.2. The van der Waals surface area contributed by atoms with Crippen LogP contribution in [0.15, 0.2) is 70.7 Å². The highest BCUT2D eigenvalue weighted by Gasteiger charge is 2.38. The number of carboxylic acids is 1. The Hall–Kier alpha value is -3.76. The van der Waals surface area contributed by atoms with Crippen molar-refractivity contribution in [1.29, 1.82) is 0 Å². The van der Waals surface area contributed by atoms with E-state index in [1.807, 2.05) is 0 Å². The van der Waals surface area contributed by atoms with Crippen LogP contribution in [-0.2, 0) is 24.7 Å². The molecule has 0 bridgehead atoms. The molecule has 3 rings (SSSR count). The molecule has 0 fully saturated rings. The molecule has 0 radical (unpaired) electrons. The summed E-state index contributed by atoms with van der Waals surface area (Å²) < 4.78 is 80.9. The maximum absolute atomic E-state index is 11.9. The fourth-order valence-electron chi connectivity index (χ4n) is 2.43. The Labute approximate surface area is 204 Å². The second-order valence-corrected chi connectivity index (χ2v) is 10.8. The Kier molecular flexibility index (Phi) is 8.95. The average Bonchev–Trinajstić information content (AvgIpc) is 2.79. The van der Waals surface area contributed by atoms with Gasteiger partial charge in [-0.2, -0.15) is 13.2 Å². The molecule has 0 unspecified atom stereocenters. The lowest BCUT2D eigenvalue weighted by Crippen LogP contribution is -2.21. The Morgan fingerprint density at radius 3 is 1.86 bits per heavy atom. The van der Waals surface area contributed by atoms with E-state index in [9.17, 15) is 30.0 Å². The van der Waals surface area contributed by atoms with Crippen molar-refractivity contribution in [1.82, 2.24) is 14.7 Å². The number of alkyl halides is 3. The van der Waals surface area contributed by atoms with Crippen LogP contribution in [-0.4, -0.2) is 57.4 Å². The number of hydrogen-bond acceptors (Lipinski definition) is 9. The second kappa shape index (κ2) is 11.3. The molecule has 0 aliphatic carbocycles. The normalized spacial score (nSPS) is 11.7. The maximum Gasteiger partial charge on any atom is 0.490 e. The predicted octanol–water partition coefficient (Wildman–Crippen LogP) is 2.91. The summed E-state index contributed by atoms with van der Waals surface area (Å²) in [6.45, 7) is 0. The van der Waals surface area contributed by atoms with E-state index in [1.54, 1.807) is 30.3 Å². The zero-order chi connectivity index (χ0) is 27.1. The molecule has 0 aliphatic rings. The SMILES string of the molecule is CNS(=O)(=O)c1cccc(Nc2cc(Nc3ccc(S(C)(=O)=O)cc3)ncn2)c1.O=C(O)C(F)(F)F. The maximum atomic E-state index is 11.9. The number of carboxylic acid groups (broad SMARTS) is 1. The predicted molar refractivity (Wildman–Crippen MR) is 125 cm³/mol. The van der Waals surface area contributed by atoms with Gasteiger partial charge in [0.05, 0.1) is 9.79 Å². The van der Waals surface area contributed by atoms with Crippen molar-refractivity contribution >= 4 is 48.8 Å². The zero-order valence-electron chi connectivity index (χ0n) is 18.6. The summed E-state index contributed by atoms with van der Waals surface area (Å²) in [7, 11) is -5.47. The van der Waals surface area contributed by atoms with Crippen molar-refractivity contribution in [2.75, 3.05) is 23.9 Å². The molecule has 36 heavy (non-hydrogen) atoms. The van der Waals surface area contributed by atoms with Gasteiger partial charge in [-0.3, -0.25) is 0 Å². The number of aromatic nitrogens is 2. The van der Waals surface area contributed by atoms with Crippen molar-refractivity contribution < 1.29 is 39.9 Å². The van der Waals surface area contributed by atoms with Crippen LogP contribution in [0.2, 0.25) is 0 Å². The summed E-state index contributed by atoms with van der Waals surface area (Å²) in [6.07, 6.45) is -2.58. The summed E-state index contributed by atoms with van der Waals surface area (Å²) in [5.74, 6) is -1.82. The first-order chi connectivity index (χ1) is 16.6. The molecule has 0 aliphatic heterocycles. The number of nitrogens with zero attached hydrogens (tertiary/aromatic N) is 2. The summed E-state index contributed by atoms with van der Waals surface area (Å²) in [6, 6.07) is 14.2. The van der Waals surface area contributed by atoms with E-state index < -0.39 is 32.0 Å². The van der Waals surface area contributed by atoms with Crippen molar-refractivity contribution in [3.8, 4) is 0 Å². The third-order valence-corrected chi connectivity index (χ3v) is 6.69. The number of nitrogens with one attached hydrogen (secondary N) is 3. The summed E-state index contributed by atoms with van der Waals surface area (Å²) >= 11 is 0. The Balaban J connectivity index is 0.000000572. The number of aliphatic carboxylic acids is 1. The number of hydrogen-bond donors (Lipinski definition) is 4. The quantitative estimate of drug-likeness (QED) is 0.345. The highest BCUT2D eigenvalue weighted by atomic mass is 32.2. The van der Waals surface area contributed by atoms with Gasteiger partial charge in [-0.15, -0.1) is 0 Å². The smallest absolute Gasteiger partial charge is 0.475 e. The fourth-order valence-corrected chi connectivity index (χ4v) is 3.84. The van der Waals surface area contributed by atoms with Crippen molar-refractivity contribution in [3.05, 3.63) is 60.9 Å². The molecule has 0 atom stereocenters. The number of rotatable bonds is 7. The van der Waals surface area contributed by atoms with E-state index in [0.29, 0.717) is 23.0 Å². The number of halogens is 3. The topological polar surface area (TPSA) is 167 Å². The molecule has 2 aromatic carbocycles. The second-order valence-electron chi connectivity index (χ2n) is 6.87. The molecule has 0 saturated heterocycles. The van der Waals surface area contributed by atoms with Gasteiger partial charge in [0.2, 0.25) is 10.0 Å². The van der Waals surface area contributed by atoms with Gasteiger partial charge in [0.1, 0.15) is 18.0 Å². The highest BCUT2D eigenvalue weighted by molar-refractivity contribution is 7.90. The first-order valence-corrected chi connectivity index (χ1v) is 13.0. The van der Waals surface area contributed by atoms with Gasteiger partial charge >= 0.3 is 12.1 Å². The molecular weight excluding hydrogens is 527 g/mol. The van der Waals surface area contributed by atoms with Gasteiger partial charge in [-0.1, -0.05) is 6.07 Å². The van der Waals surface area contributed by atoms with Crippen LogP contribution in [0.4, 0.5) is 36.2 Å². The summed E-state index contributed by atoms with van der Waals surface area (Å²) in [5, 5.41) is 13.2.